The number of nitrogens with one attached hydrogen (secondary N) is 1. The molecule has 3 aromatic rings. The molecule has 29 heavy (non-hydrogen) atoms. The van der Waals surface area contributed by atoms with Gasteiger partial charge in [-0.15, -0.1) is 11.3 Å². The number of likely N-dealkylation sites (tertiary alicyclic amines) is 1. The molecule has 0 radical (unpaired) electrons. The number of thiophene rings is 1. The number of hydrogen-bond acceptors (Lipinski definition) is 8. The predicted molar refractivity (Wildman–Crippen MR) is 114 cm³/mol. The van der Waals surface area contributed by atoms with Gasteiger partial charge in [0.1, 0.15) is 27.1 Å². The van der Waals surface area contributed by atoms with Crippen molar-refractivity contribution in [1.29, 1.82) is 0 Å². The summed E-state index contributed by atoms with van der Waals surface area (Å²) in [5.74, 6) is 2.05. The van der Waals surface area contributed by atoms with Crippen LogP contribution in [-0.2, 0) is 4.74 Å². The number of carbonyl (C=O) groups is 1. The summed E-state index contributed by atoms with van der Waals surface area (Å²) in [5.41, 5.74) is 0.854. The molecule has 0 bridgehead atoms. The molecule has 1 saturated heterocycles. The average Bonchev–Trinajstić information content (AvgIpc) is 3.37. The maximum absolute atomic E-state index is 12.1. The average molecular weight is 415 g/mol. The van der Waals surface area contributed by atoms with E-state index in [4.69, 9.17) is 9.15 Å². The van der Waals surface area contributed by atoms with Gasteiger partial charge in [0.25, 0.3) is 0 Å². The van der Waals surface area contributed by atoms with Crippen LogP contribution >= 0.6 is 11.3 Å². The number of piperidine rings is 1. The number of aromatic nitrogens is 2. The zero-order valence-electron chi connectivity index (χ0n) is 17.0. The van der Waals surface area contributed by atoms with E-state index in [-0.39, 0.29) is 12.0 Å². The molecule has 1 N–H and O–H groups in total. The number of fused-ring (bicyclic) bond motifs is 1. The highest BCUT2D eigenvalue weighted by atomic mass is 32.1. The van der Waals surface area contributed by atoms with Crippen molar-refractivity contribution in [2.75, 3.05) is 32.1 Å². The number of aryl methyl sites for hydroxylation is 2. The summed E-state index contributed by atoms with van der Waals surface area (Å²) in [4.78, 5) is 25.1. The van der Waals surface area contributed by atoms with Crippen LogP contribution in [0.2, 0.25) is 0 Å². The minimum Gasteiger partial charge on any atom is -0.468 e. The monoisotopic (exact) mass is 414 g/mol. The summed E-state index contributed by atoms with van der Waals surface area (Å²) >= 11 is 1.35. The lowest BCUT2D eigenvalue weighted by Crippen LogP contribution is -2.37. The second-order valence-electron chi connectivity index (χ2n) is 7.36. The van der Waals surface area contributed by atoms with E-state index in [0.29, 0.717) is 17.2 Å². The number of nitrogens with zero attached hydrogens (tertiary/aromatic N) is 3. The number of esters is 1. The van der Waals surface area contributed by atoms with Gasteiger partial charge in [0.05, 0.1) is 24.8 Å². The molecule has 8 heteroatoms. The SMILES string of the molecule is COC(=O)c1sc2nc(C)nc(NCC(c3ccco3)N3CCCCC3)c2c1C. The molecule has 0 aromatic carbocycles. The predicted octanol–water partition coefficient (Wildman–Crippen LogP) is 4.33. The van der Waals surface area contributed by atoms with Crippen molar-refractivity contribution in [2.45, 2.75) is 39.2 Å². The van der Waals surface area contributed by atoms with Crippen molar-refractivity contribution >= 4 is 33.3 Å². The van der Waals surface area contributed by atoms with E-state index in [1.165, 1.54) is 37.7 Å². The molecule has 0 spiro atoms. The third-order valence-electron chi connectivity index (χ3n) is 5.44. The lowest BCUT2D eigenvalue weighted by Gasteiger charge is -2.33. The number of methoxy groups -OCH3 is 1. The quantitative estimate of drug-likeness (QED) is 0.601. The Labute approximate surface area is 174 Å². The lowest BCUT2D eigenvalue weighted by atomic mass is 10.1. The molecule has 1 unspecified atom stereocenters. The highest BCUT2D eigenvalue weighted by Gasteiger charge is 2.26. The van der Waals surface area contributed by atoms with E-state index in [1.807, 2.05) is 26.0 Å². The van der Waals surface area contributed by atoms with Crippen LogP contribution in [0.15, 0.2) is 22.8 Å². The molecule has 1 fully saturated rings. The van der Waals surface area contributed by atoms with Gasteiger partial charge >= 0.3 is 5.97 Å². The smallest absolute Gasteiger partial charge is 0.348 e. The molecule has 0 aliphatic carbocycles. The van der Waals surface area contributed by atoms with Gasteiger partial charge in [0.15, 0.2) is 0 Å². The minimum atomic E-state index is -0.337. The Balaban J connectivity index is 1.65. The fourth-order valence-electron chi connectivity index (χ4n) is 3.97. The normalized spacial score (nSPS) is 16.1. The van der Waals surface area contributed by atoms with E-state index in [1.54, 1.807) is 6.26 Å². The van der Waals surface area contributed by atoms with Crippen LogP contribution in [-0.4, -0.2) is 47.6 Å². The molecular formula is C21H26N4O3S. The number of hydrogen-bond donors (Lipinski definition) is 1. The number of rotatable bonds is 6. The summed E-state index contributed by atoms with van der Waals surface area (Å²) in [7, 11) is 1.40. The van der Waals surface area contributed by atoms with E-state index >= 15 is 0 Å². The Hall–Kier alpha value is -2.45. The maximum atomic E-state index is 12.1. The first kappa shape index (κ1) is 19.8. The van der Waals surface area contributed by atoms with Gasteiger partial charge in [0.2, 0.25) is 0 Å². The van der Waals surface area contributed by atoms with Crippen molar-refractivity contribution in [1.82, 2.24) is 14.9 Å². The Bertz CT molecular complexity index is 993. The van der Waals surface area contributed by atoms with Gasteiger partial charge in [-0.1, -0.05) is 6.42 Å². The Kier molecular flexibility index (Phi) is 5.82. The van der Waals surface area contributed by atoms with E-state index in [9.17, 15) is 4.79 Å². The first-order chi connectivity index (χ1) is 14.1. The summed E-state index contributed by atoms with van der Waals surface area (Å²) in [6.07, 6.45) is 5.43. The van der Waals surface area contributed by atoms with Crippen molar-refractivity contribution in [3.05, 3.63) is 40.4 Å². The second-order valence-corrected chi connectivity index (χ2v) is 8.36. The van der Waals surface area contributed by atoms with Crippen LogP contribution in [0, 0.1) is 13.8 Å². The number of furan rings is 1. The first-order valence-electron chi connectivity index (χ1n) is 9.96. The second kappa shape index (κ2) is 8.51. The number of anilines is 1. The van der Waals surface area contributed by atoms with E-state index in [2.05, 4.69) is 20.2 Å². The number of ether oxygens (including phenoxy) is 1. The standard InChI is InChI=1S/C21H26N4O3S/c1-13-17-19(23-14(2)24-20(17)29-18(13)21(26)27-3)22-12-15(16-8-7-11-28-16)25-9-5-4-6-10-25/h7-8,11,15H,4-6,9-10,12H2,1-3H3,(H,22,23,24). The zero-order chi connectivity index (χ0) is 20.4. The molecular weight excluding hydrogens is 388 g/mol. The molecule has 1 aliphatic rings. The van der Waals surface area contributed by atoms with Crippen molar-refractivity contribution in [3.63, 3.8) is 0 Å². The molecule has 3 aromatic heterocycles. The summed E-state index contributed by atoms with van der Waals surface area (Å²) in [6, 6.07) is 4.10. The Morgan fingerprint density at radius 3 is 2.79 bits per heavy atom. The van der Waals surface area contributed by atoms with Gasteiger partial charge in [-0.05, 0) is 57.5 Å². The van der Waals surface area contributed by atoms with E-state index < -0.39 is 0 Å². The molecule has 0 amide bonds. The molecule has 4 rings (SSSR count). The van der Waals surface area contributed by atoms with Crippen LogP contribution in [0.5, 0.6) is 0 Å². The highest BCUT2D eigenvalue weighted by Crippen LogP contribution is 2.35. The van der Waals surface area contributed by atoms with Gasteiger partial charge in [0, 0.05) is 6.54 Å². The molecule has 7 nitrogen and oxygen atoms in total. The van der Waals surface area contributed by atoms with E-state index in [0.717, 1.165) is 40.4 Å². The molecule has 4 heterocycles. The largest absolute Gasteiger partial charge is 0.468 e. The van der Waals surface area contributed by atoms with Crippen molar-refractivity contribution in [2.24, 2.45) is 0 Å². The number of carbonyl (C=O) groups excluding carboxylic acids is 1. The van der Waals surface area contributed by atoms with Gasteiger partial charge in [-0.25, -0.2) is 14.8 Å². The summed E-state index contributed by atoms with van der Waals surface area (Å²) in [5, 5.41) is 4.41. The fraction of sp³-hybridized carbons (Fsp3) is 0.476. The Morgan fingerprint density at radius 2 is 2.10 bits per heavy atom. The van der Waals surface area contributed by atoms with Crippen molar-refractivity contribution < 1.29 is 13.9 Å². The molecule has 154 valence electrons. The fourth-order valence-corrected chi connectivity index (χ4v) is 5.12. The van der Waals surface area contributed by atoms with Crippen LogP contribution in [0.25, 0.3) is 10.2 Å². The zero-order valence-corrected chi connectivity index (χ0v) is 17.8. The third-order valence-corrected chi connectivity index (χ3v) is 6.60. The van der Waals surface area contributed by atoms with Crippen molar-refractivity contribution in [3.8, 4) is 0 Å². The topological polar surface area (TPSA) is 80.5 Å². The van der Waals surface area contributed by atoms with Crippen LogP contribution < -0.4 is 5.32 Å². The Morgan fingerprint density at radius 1 is 1.31 bits per heavy atom. The van der Waals surface area contributed by atoms with Gasteiger partial charge < -0.3 is 14.5 Å². The summed E-state index contributed by atoms with van der Waals surface area (Å²) in [6.45, 7) is 6.59. The van der Waals surface area contributed by atoms with Gasteiger partial charge in [-0.3, -0.25) is 4.90 Å². The highest BCUT2D eigenvalue weighted by molar-refractivity contribution is 7.20. The van der Waals surface area contributed by atoms with Gasteiger partial charge in [-0.2, -0.15) is 0 Å². The summed E-state index contributed by atoms with van der Waals surface area (Å²) < 4.78 is 10.7. The lowest BCUT2D eigenvalue weighted by molar-refractivity contribution is 0.0605. The minimum absolute atomic E-state index is 0.134. The van der Waals surface area contributed by atoms with Crippen LogP contribution in [0.1, 0.15) is 52.1 Å². The molecule has 0 saturated carbocycles. The van der Waals surface area contributed by atoms with Crippen LogP contribution in [0.3, 0.4) is 0 Å². The molecule has 1 atom stereocenters. The maximum Gasteiger partial charge on any atom is 0.348 e. The first-order valence-corrected chi connectivity index (χ1v) is 10.8. The third kappa shape index (κ3) is 4.00. The molecule has 1 aliphatic heterocycles. The van der Waals surface area contributed by atoms with Crippen LogP contribution in [0.4, 0.5) is 5.82 Å².